The van der Waals surface area contributed by atoms with Crippen molar-refractivity contribution in [1.29, 1.82) is 0 Å². The smallest absolute Gasteiger partial charge is 0.256 e. The first-order valence-electron chi connectivity index (χ1n) is 6.59. The molecule has 3 heteroatoms. The lowest BCUT2D eigenvalue weighted by atomic mass is 9.86. The Morgan fingerprint density at radius 3 is 2.50 bits per heavy atom. The molecule has 3 nitrogen and oxygen atoms in total. The summed E-state index contributed by atoms with van der Waals surface area (Å²) in [5.74, 6) is 0.563. The van der Waals surface area contributed by atoms with Crippen LogP contribution >= 0.6 is 0 Å². The van der Waals surface area contributed by atoms with Crippen molar-refractivity contribution in [3.8, 4) is 0 Å². The number of hydrogen-bond donors (Lipinski definition) is 2. The Morgan fingerprint density at radius 2 is 1.78 bits per heavy atom. The molecule has 0 unspecified atom stereocenters. The molecule has 1 aliphatic heterocycles. The van der Waals surface area contributed by atoms with Crippen LogP contribution in [0.2, 0.25) is 0 Å². The second-order valence-electron chi connectivity index (χ2n) is 5.06. The van der Waals surface area contributed by atoms with E-state index in [2.05, 4.69) is 16.4 Å². The minimum absolute atomic E-state index is 0.0285. The molecule has 1 fully saturated rings. The van der Waals surface area contributed by atoms with Gasteiger partial charge in [0.1, 0.15) is 0 Å². The Balaban J connectivity index is 2.23. The third kappa shape index (κ3) is 1.85. The van der Waals surface area contributed by atoms with Crippen LogP contribution in [0, 0.1) is 6.92 Å². The molecule has 18 heavy (non-hydrogen) atoms. The summed E-state index contributed by atoms with van der Waals surface area (Å²) in [5, 5.41) is 5.34. The summed E-state index contributed by atoms with van der Waals surface area (Å²) in [6.45, 7) is 4.15. The van der Waals surface area contributed by atoms with Crippen LogP contribution < -0.4 is 10.9 Å². The molecule has 3 rings (SSSR count). The fourth-order valence-electron chi connectivity index (χ4n) is 3.06. The SMILES string of the molecule is Cc1[nH]c(=O)c2ccccc2c1C1CCNCC1. The maximum absolute atomic E-state index is 12.0. The number of aryl methyl sites for hydroxylation is 1. The van der Waals surface area contributed by atoms with E-state index < -0.39 is 0 Å². The number of pyridine rings is 1. The number of aromatic amines is 1. The van der Waals surface area contributed by atoms with Gasteiger partial charge in [-0.05, 0) is 55.8 Å². The average molecular weight is 242 g/mol. The van der Waals surface area contributed by atoms with Crippen LogP contribution in [0.1, 0.15) is 30.0 Å². The maximum atomic E-state index is 12.0. The van der Waals surface area contributed by atoms with Crippen molar-refractivity contribution in [2.75, 3.05) is 13.1 Å². The van der Waals surface area contributed by atoms with Crippen molar-refractivity contribution in [3.05, 3.63) is 45.9 Å². The van der Waals surface area contributed by atoms with Crippen LogP contribution in [0.3, 0.4) is 0 Å². The second-order valence-corrected chi connectivity index (χ2v) is 5.06. The van der Waals surface area contributed by atoms with E-state index in [0.29, 0.717) is 5.92 Å². The van der Waals surface area contributed by atoms with Gasteiger partial charge in [0.25, 0.3) is 5.56 Å². The first-order valence-corrected chi connectivity index (χ1v) is 6.59. The molecule has 1 aliphatic rings. The van der Waals surface area contributed by atoms with Crippen LogP contribution in [-0.2, 0) is 0 Å². The normalized spacial score (nSPS) is 17.2. The lowest BCUT2D eigenvalue weighted by Gasteiger charge is -2.25. The number of hydrogen-bond acceptors (Lipinski definition) is 2. The number of benzene rings is 1. The Kier molecular flexibility index (Phi) is 2.92. The van der Waals surface area contributed by atoms with Gasteiger partial charge in [0.15, 0.2) is 0 Å². The number of rotatable bonds is 1. The van der Waals surface area contributed by atoms with E-state index in [-0.39, 0.29) is 5.56 Å². The van der Waals surface area contributed by atoms with Gasteiger partial charge < -0.3 is 10.3 Å². The van der Waals surface area contributed by atoms with Crippen molar-refractivity contribution < 1.29 is 0 Å². The van der Waals surface area contributed by atoms with Gasteiger partial charge >= 0.3 is 0 Å². The number of nitrogens with one attached hydrogen (secondary N) is 2. The number of aromatic nitrogens is 1. The molecule has 0 saturated carbocycles. The fourth-order valence-corrected chi connectivity index (χ4v) is 3.06. The van der Waals surface area contributed by atoms with Crippen molar-refractivity contribution >= 4 is 10.8 Å². The summed E-state index contributed by atoms with van der Waals surface area (Å²) in [5.41, 5.74) is 2.40. The van der Waals surface area contributed by atoms with Crippen LogP contribution in [-0.4, -0.2) is 18.1 Å². The molecule has 2 aromatic rings. The molecule has 1 aromatic heterocycles. The predicted molar refractivity (Wildman–Crippen MR) is 74.2 cm³/mol. The third-order valence-corrected chi connectivity index (χ3v) is 3.91. The van der Waals surface area contributed by atoms with Crippen molar-refractivity contribution in [3.63, 3.8) is 0 Å². The molecule has 94 valence electrons. The molecule has 0 spiro atoms. The highest BCUT2D eigenvalue weighted by atomic mass is 16.1. The highest BCUT2D eigenvalue weighted by Gasteiger charge is 2.20. The molecule has 2 heterocycles. The number of piperidine rings is 1. The van der Waals surface area contributed by atoms with Crippen molar-refractivity contribution in [2.24, 2.45) is 0 Å². The summed E-state index contributed by atoms with van der Waals surface area (Å²) in [7, 11) is 0. The van der Waals surface area contributed by atoms with Gasteiger partial charge in [0.05, 0.1) is 0 Å². The minimum Gasteiger partial charge on any atom is -0.326 e. The van der Waals surface area contributed by atoms with Gasteiger partial charge in [-0.2, -0.15) is 0 Å². The fraction of sp³-hybridized carbons (Fsp3) is 0.400. The first kappa shape index (κ1) is 11.5. The highest BCUT2D eigenvalue weighted by Crippen LogP contribution is 2.31. The summed E-state index contributed by atoms with van der Waals surface area (Å²) < 4.78 is 0. The molecule has 0 radical (unpaired) electrons. The molecular formula is C15H18N2O. The Hall–Kier alpha value is -1.61. The average Bonchev–Trinajstić information content (AvgIpc) is 2.40. The van der Waals surface area contributed by atoms with Gasteiger partial charge in [-0.3, -0.25) is 4.79 Å². The van der Waals surface area contributed by atoms with Crippen molar-refractivity contribution in [1.82, 2.24) is 10.3 Å². The van der Waals surface area contributed by atoms with Crippen LogP contribution in [0.15, 0.2) is 29.1 Å². The molecule has 2 N–H and O–H groups in total. The summed E-state index contributed by atoms with van der Waals surface area (Å²) in [6, 6.07) is 7.94. The Bertz CT molecular complexity index is 624. The van der Waals surface area contributed by atoms with Gasteiger partial charge in [0.2, 0.25) is 0 Å². The second kappa shape index (κ2) is 4.58. The lowest BCUT2D eigenvalue weighted by Crippen LogP contribution is -2.27. The summed E-state index contributed by atoms with van der Waals surface area (Å²) in [6.07, 6.45) is 2.30. The quantitative estimate of drug-likeness (QED) is 0.806. The van der Waals surface area contributed by atoms with Gasteiger partial charge in [-0.1, -0.05) is 18.2 Å². The molecule has 0 amide bonds. The molecule has 0 bridgehead atoms. The molecule has 0 aliphatic carbocycles. The molecule has 1 saturated heterocycles. The lowest BCUT2D eigenvalue weighted by molar-refractivity contribution is 0.460. The van der Waals surface area contributed by atoms with Gasteiger partial charge in [0, 0.05) is 11.1 Å². The summed E-state index contributed by atoms with van der Waals surface area (Å²) >= 11 is 0. The van der Waals surface area contributed by atoms with Crippen LogP contribution in [0.4, 0.5) is 0 Å². The van der Waals surface area contributed by atoms with E-state index in [4.69, 9.17) is 0 Å². The topological polar surface area (TPSA) is 44.9 Å². The number of H-pyrrole nitrogens is 1. The number of fused-ring (bicyclic) bond motifs is 1. The van der Waals surface area contributed by atoms with E-state index in [0.717, 1.165) is 42.4 Å². The van der Waals surface area contributed by atoms with E-state index in [1.54, 1.807) is 0 Å². The van der Waals surface area contributed by atoms with Crippen molar-refractivity contribution in [2.45, 2.75) is 25.7 Å². The molecular weight excluding hydrogens is 224 g/mol. The Morgan fingerprint density at radius 1 is 1.11 bits per heavy atom. The van der Waals surface area contributed by atoms with E-state index in [1.165, 1.54) is 5.56 Å². The van der Waals surface area contributed by atoms with E-state index in [1.807, 2.05) is 25.1 Å². The van der Waals surface area contributed by atoms with Crippen LogP contribution in [0.25, 0.3) is 10.8 Å². The zero-order valence-corrected chi connectivity index (χ0v) is 10.6. The zero-order chi connectivity index (χ0) is 12.5. The monoisotopic (exact) mass is 242 g/mol. The van der Waals surface area contributed by atoms with Gasteiger partial charge in [-0.15, -0.1) is 0 Å². The standard InChI is InChI=1S/C15H18N2O/c1-10-14(11-6-8-16-9-7-11)12-4-2-3-5-13(12)15(18)17-10/h2-5,11,16H,6-9H2,1H3,(H,17,18). The summed E-state index contributed by atoms with van der Waals surface area (Å²) in [4.78, 5) is 15.0. The van der Waals surface area contributed by atoms with Crippen LogP contribution in [0.5, 0.6) is 0 Å². The third-order valence-electron chi connectivity index (χ3n) is 3.91. The molecule has 0 atom stereocenters. The predicted octanol–water partition coefficient (Wildman–Crippen LogP) is 2.30. The van der Waals surface area contributed by atoms with E-state index >= 15 is 0 Å². The Labute approximate surface area is 106 Å². The minimum atomic E-state index is 0.0285. The van der Waals surface area contributed by atoms with E-state index in [9.17, 15) is 4.79 Å². The zero-order valence-electron chi connectivity index (χ0n) is 10.6. The first-order chi connectivity index (χ1) is 8.77. The molecule has 1 aromatic carbocycles. The largest absolute Gasteiger partial charge is 0.326 e. The maximum Gasteiger partial charge on any atom is 0.256 e. The highest BCUT2D eigenvalue weighted by molar-refractivity contribution is 5.85. The van der Waals surface area contributed by atoms with Gasteiger partial charge in [-0.25, -0.2) is 0 Å².